The summed E-state index contributed by atoms with van der Waals surface area (Å²) in [7, 11) is 0. The number of piperidine rings is 1. The molecule has 2 fully saturated rings. The maximum atomic E-state index is 11.9. The number of rotatable bonds is 8. The average molecular weight is 290 g/mol. The number of amides is 1. The zero-order valence-corrected chi connectivity index (χ0v) is 11.8. The SMILES string of the molecule is O=C(CCOCC(F)F)N1CCC(NCC2CC2)CC1. The normalized spacial score (nSPS) is 20.6. The molecule has 2 rings (SSSR count). The van der Waals surface area contributed by atoms with Crippen LogP contribution in [0.15, 0.2) is 0 Å². The van der Waals surface area contributed by atoms with E-state index in [0.29, 0.717) is 6.04 Å². The van der Waals surface area contributed by atoms with Crippen LogP contribution in [-0.4, -0.2) is 56.1 Å². The summed E-state index contributed by atoms with van der Waals surface area (Å²) in [5, 5.41) is 3.56. The maximum absolute atomic E-state index is 11.9. The molecule has 0 bridgehead atoms. The number of carbonyl (C=O) groups is 1. The van der Waals surface area contributed by atoms with Crippen LogP contribution >= 0.6 is 0 Å². The van der Waals surface area contributed by atoms with E-state index >= 15 is 0 Å². The fourth-order valence-corrected chi connectivity index (χ4v) is 2.48. The van der Waals surface area contributed by atoms with Crippen LogP contribution in [0.25, 0.3) is 0 Å². The number of halogens is 2. The molecule has 0 aromatic heterocycles. The lowest BCUT2D eigenvalue weighted by atomic mass is 10.0. The van der Waals surface area contributed by atoms with Gasteiger partial charge in [0.2, 0.25) is 5.91 Å². The average Bonchev–Trinajstić information content (AvgIpc) is 3.25. The van der Waals surface area contributed by atoms with E-state index in [1.165, 1.54) is 12.8 Å². The Labute approximate surface area is 118 Å². The summed E-state index contributed by atoms with van der Waals surface area (Å²) in [6, 6.07) is 0.523. The van der Waals surface area contributed by atoms with Crippen molar-refractivity contribution < 1.29 is 18.3 Å². The Balaban J connectivity index is 1.54. The van der Waals surface area contributed by atoms with Crippen molar-refractivity contribution in [1.29, 1.82) is 0 Å². The third-order valence-corrected chi connectivity index (χ3v) is 3.94. The molecule has 20 heavy (non-hydrogen) atoms. The van der Waals surface area contributed by atoms with Crippen molar-refractivity contribution in [2.75, 3.05) is 32.8 Å². The number of nitrogens with zero attached hydrogens (tertiary/aromatic N) is 1. The van der Waals surface area contributed by atoms with Gasteiger partial charge in [0.25, 0.3) is 6.43 Å². The quantitative estimate of drug-likeness (QED) is 0.691. The highest BCUT2D eigenvalue weighted by atomic mass is 19.3. The second-order valence-electron chi connectivity index (χ2n) is 5.72. The van der Waals surface area contributed by atoms with Gasteiger partial charge in [-0.05, 0) is 38.1 Å². The zero-order valence-electron chi connectivity index (χ0n) is 11.8. The van der Waals surface area contributed by atoms with Gasteiger partial charge in [0.05, 0.1) is 13.0 Å². The highest BCUT2D eigenvalue weighted by Gasteiger charge is 2.25. The van der Waals surface area contributed by atoms with Crippen molar-refractivity contribution >= 4 is 5.91 Å². The van der Waals surface area contributed by atoms with Crippen molar-refractivity contribution in [3.05, 3.63) is 0 Å². The first-order valence-corrected chi connectivity index (χ1v) is 7.52. The minimum atomic E-state index is -2.46. The summed E-state index contributed by atoms with van der Waals surface area (Å²) >= 11 is 0. The maximum Gasteiger partial charge on any atom is 0.261 e. The number of likely N-dealkylation sites (tertiary alicyclic amines) is 1. The first-order valence-electron chi connectivity index (χ1n) is 7.52. The molecule has 0 unspecified atom stereocenters. The number of nitrogens with one attached hydrogen (secondary N) is 1. The van der Waals surface area contributed by atoms with E-state index in [2.05, 4.69) is 5.32 Å². The van der Waals surface area contributed by atoms with Crippen LogP contribution in [0.1, 0.15) is 32.1 Å². The molecule has 1 heterocycles. The number of hydrogen-bond donors (Lipinski definition) is 1. The monoisotopic (exact) mass is 290 g/mol. The first kappa shape index (κ1) is 15.6. The predicted molar refractivity (Wildman–Crippen MR) is 71.8 cm³/mol. The van der Waals surface area contributed by atoms with Gasteiger partial charge in [0, 0.05) is 19.1 Å². The van der Waals surface area contributed by atoms with E-state index in [1.54, 1.807) is 0 Å². The summed E-state index contributed by atoms with van der Waals surface area (Å²) in [5.41, 5.74) is 0. The van der Waals surface area contributed by atoms with Crippen molar-refractivity contribution in [3.8, 4) is 0 Å². The van der Waals surface area contributed by atoms with Gasteiger partial charge in [-0.2, -0.15) is 0 Å². The van der Waals surface area contributed by atoms with E-state index in [9.17, 15) is 13.6 Å². The molecule has 4 nitrogen and oxygen atoms in total. The Morgan fingerprint density at radius 1 is 1.25 bits per heavy atom. The summed E-state index contributed by atoms with van der Waals surface area (Å²) in [6.45, 7) is 2.13. The number of alkyl halides is 2. The molecule has 2 aliphatic rings. The van der Waals surface area contributed by atoms with Gasteiger partial charge in [-0.3, -0.25) is 4.79 Å². The fraction of sp³-hybridized carbons (Fsp3) is 0.929. The molecule has 1 N–H and O–H groups in total. The molecule has 6 heteroatoms. The molecule has 1 aliphatic heterocycles. The predicted octanol–water partition coefficient (Wildman–Crippen LogP) is 1.65. The fourth-order valence-electron chi connectivity index (χ4n) is 2.48. The van der Waals surface area contributed by atoms with Crippen LogP contribution in [0, 0.1) is 5.92 Å². The molecule has 0 radical (unpaired) electrons. The Morgan fingerprint density at radius 3 is 2.55 bits per heavy atom. The van der Waals surface area contributed by atoms with E-state index in [0.717, 1.165) is 38.4 Å². The molecule has 0 aromatic rings. The standard InChI is InChI=1S/C14H24F2N2O2/c15-13(16)10-20-8-5-14(19)18-6-3-12(4-7-18)17-9-11-1-2-11/h11-13,17H,1-10H2. The zero-order chi connectivity index (χ0) is 14.4. The van der Waals surface area contributed by atoms with Gasteiger partial charge in [-0.1, -0.05) is 0 Å². The Hall–Kier alpha value is -0.750. The Morgan fingerprint density at radius 2 is 1.95 bits per heavy atom. The summed E-state index contributed by atoms with van der Waals surface area (Å²) in [4.78, 5) is 13.7. The molecule has 1 saturated carbocycles. The molecular weight excluding hydrogens is 266 g/mol. The van der Waals surface area contributed by atoms with E-state index in [1.807, 2.05) is 4.90 Å². The molecule has 0 aromatic carbocycles. The lowest BCUT2D eigenvalue weighted by molar-refractivity contribution is -0.133. The second kappa shape index (κ2) is 7.88. The van der Waals surface area contributed by atoms with Crippen LogP contribution in [0.3, 0.4) is 0 Å². The highest BCUT2D eigenvalue weighted by molar-refractivity contribution is 5.76. The van der Waals surface area contributed by atoms with E-state index in [-0.39, 0.29) is 18.9 Å². The molecule has 1 aliphatic carbocycles. The van der Waals surface area contributed by atoms with Crippen LogP contribution in [-0.2, 0) is 9.53 Å². The van der Waals surface area contributed by atoms with Crippen molar-refractivity contribution in [3.63, 3.8) is 0 Å². The third-order valence-electron chi connectivity index (χ3n) is 3.94. The largest absolute Gasteiger partial charge is 0.375 e. The minimum absolute atomic E-state index is 0.0138. The summed E-state index contributed by atoms with van der Waals surface area (Å²) in [6.07, 6.45) is 2.41. The van der Waals surface area contributed by atoms with Crippen molar-refractivity contribution in [2.24, 2.45) is 5.92 Å². The first-order chi connectivity index (χ1) is 9.65. The minimum Gasteiger partial charge on any atom is -0.375 e. The summed E-state index contributed by atoms with van der Waals surface area (Å²) in [5.74, 6) is 0.890. The number of hydrogen-bond acceptors (Lipinski definition) is 3. The van der Waals surface area contributed by atoms with Crippen LogP contribution < -0.4 is 5.32 Å². The molecular formula is C14H24F2N2O2. The second-order valence-corrected chi connectivity index (χ2v) is 5.72. The van der Waals surface area contributed by atoms with Crippen molar-refractivity contribution in [2.45, 2.75) is 44.6 Å². The van der Waals surface area contributed by atoms with Gasteiger partial charge >= 0.3 is 0 Å². The lowest BCUT2D eigenvalue weighted by Gasteiger charge is -2.32. The topological polar surface area (TPSA) is 41.6 Å². The lowest BCUT2D eigenvalue weighted by Crippen LogP contribution is -2.45. The third kappa shape index (κ3) is 5.71. The molecule has 1 saturated heterocycles. The van der Waals surface area contributed by atoms with Crippen LogP contribution in [0.4, 0.5) is 8.78 Å². The van der Waals surface area contributed by atoms with Gasteiger partial charge in [0.15, 0.2) is 0 Å². The van der Waals surface area contributed by atoms with Crippen molar-refractivity contribution in [1.82, 2.24) is 10.2 Å². The number of ether oxygens (including phenoxy) is 1. The van der Waals surface area contributed by atoms with Gasteiger partial charge < -0.3 is 15.0 Å². The molecule has 0 spiro atoms. The Bertz CT molecular complexity index is 304. The Kier molecular flexibility index (Phi) is 6.16. The van der Waals surface area contributed by atoms with Crippen LogP contribution in [0.5, 0.6) is 0 Å². The molecule has 116 valence electrons. The van der Waals surface area contributed by atoms with Crippen LogP contribution in [0.2, 0.25) is 0 Å². The smallest absolute Gasteiger partial charge is 0.261 e. The summed E-state index contributed by atoms with van der Waals surface area (Å²) < 4.78 is 28.5. The van der Waals surface area contributed by atoms with Gasteiger partial charge in [-0.15, -0.1) is 0 Å². The van der Waals surface area contributed by atoms with Gasteiger partial charge in [-0.25, -0.2) is 8.78 Å². The highest BCUT2D eigenvalue weighted by Crippen LogP contribution is 2.28. The van der Waals surface area contributed by atoms with E-state index < -0.39 is 13.0 Å². The van der Waals surface area contributed by atoms with Gasteiger partial charge in [0.1, 0.15) is 6.61 Å². The molecule has 0 atom stereocenters. The number of carbonyl (C=O) groups excluding carboxylic acids is 1. The molecule has 1 amide bonds. The van der Waals surface area contributed by atoms with E-state index in [4.69, 9.17) is 4.74 Å².